The van der Waals surface area contributed by atoms with Crippen LogP contribution < -0.4 is 10.6 Å². The summed E-state index contributed by atoms with van der Waals surface area (Å²) < 4.78 is 13.2. The van der Waals surface area contributed by atoms with Gasteiger partial charge in [0, 0.05) is 25.2 Å². The van der Waals surface area contributed by atoms with E-state index in [-0.39, 0.29) is 29.7 Å². The van der Waals surface area contributed by atoms with E-state index in [4.69, 9.17) is 0 Å². The molecule has 5 atom stereocenters. The van der Waals surface area contributed by atoms with Crippen LogP contribution in [0.15, 0.2) is 24.3 Å². The van der Waals surface area contributed by atoms with Crippen LogP contribution in [0.4, 0.5) is 4.39 Å². The van der Waals surface area contributed by atoms with E-state index in [2.05, 4.69) is 20.4 Å². The fraction of sp³-hybridized carbons (Fsp3) is 0.667. The summed E-state index contributed by atoms with van der Waals surface area (Å²) in [4.78, 5) is 30.5. The first-order chi connectivity index (χ1) is 15.0. The fourth-order valence-electron chi connectivity index (χ4n) is 5.53. The summed E-state index contributed by atoms with van der Waals surface area (Å²) in [5.41, 5.74) is 1.14. The molecule has 0 unspecified atom stereocenters. The lowest BCUT2D eigenvalue weighted by Gasteiger charge is -2.40. The van der Waals surface area contributed by atoms with Gasteiger partial charge in [0.1, 0.15) is 11.9 Å². The molecule has 0 spiro atoms. The molecule has 3 aliphatic rings. The number of carbonyl (C=O) groups is 2. The minimum Gasteiger partial charge on any atom is -0.343 e. The standard InChI is InChI=1S/C24H35FN4O2/c1-16(26-2)23(30)27-21-5-3-4-20-14-18-11-13-28(15-22(18)29(20)24(21)31)12-10-17-6-8-19(25)9-7-17/h6-9,16,18,20-22,26H,3-5,10-15H2,1-2H3,(H,27,30)/t16-,18+,20-,21-,22+/m0/s1. The summed E-state index contributed by atoms with van der Waals surface area (Å²) in [6.45, 7) is 4.67. The largest absolute Gasteiger partial charge is 0.343 e. The second-order valence-corrected chi connectivity index (χ2v) is 9.43. The van der Waals surface area contributed by atoms with Crippen molar-refractivity contribution in [2.75, 3.05) is 26.7 Å². The SMILES string of the molecule is CN[C@@H](C)C(=O)N[C@H]1CCC[C@H]2C[C@H]3CCN(CCc4ccc(F)cc4)C[C@H]3N2C1=O. The maximum absolute atomic E-state index is 13.5. The number of halogens is 1. The molecule has 1 aromatic rings. The first kappa shape index (κ1) is 22.2. The Morgan fingerprint density at radius 1 is 1.23 bits per heavy atom. The van der Waals surface area contributed by atoms with Crippen molar-refractivity contribution >= 4 is 11.8 Å². The van der Waals surface area contributed by atoms with E-state index in [1.165, 1.54) is 12.1 Å². The maximum atomic E-state index is 13.5. The number of carbonyl (C=O) groups excluding carboxylic acids is 2. The molecule has 3 fully saturated rings. The molecule has 1 aromatic carbocycles. The summed E-state index contributed by atoms with van der Waals surface area (Å²) in [6, 6.07) is 6.56. The van der Waals surface area contributed by atoms with Crippen molar-refractivity contribution in [2.24, 2.45) is 5.92 Å². The van der Waals surface area contributed by atoms with Gasteiger partial charge in [-0.25, -0.2) is 4.39 Å². The molecule has 7 heteroatoms. The Hall–Kier alpha value is -1.99. The zero-order valence-electron chi connectivity index (χ0n) is 18.6. The molecule has 0 bridgehead atoms. The fourth-order valence-corrected chi connectivity index (χ4v) is 5.53. The van der Waals surface area contributed by atoms with Gasteiger partial charge in [0.25, 0.3) is 0 Å². The number of hydrogen-bond acceptors (Lipinski definition) is 4. The molecule has 2 N–H and O–H groups in total. The number of fused-ring (bicyclic) bond motifs is 3. The Morgan fingerprint density at radius 2 is 2.00 bits per heavy atom. The van der Waals surface area contributed by atoms with Crippen molar-refractivity contribution in [3.8, 4) is 0 Å². The van der Waals surface area contributed by atoms with E-state index >= 15 is 0 Å². The topological polar surface area (TPSA) is 64.7 Å². The lowest BCUT2D eigenvalue weighted by Crippen LogP contribution is -2.57. The highest BCUT2D eigenvalue weighted by molar-refractivity contribution is 5.90. The van der Waals surface area contributed by atoms with Crippen LogP contribution in [0.25, 0.3) is 0 Å². The smallest absolute Gasteiger partial charge is 0.245 e. The molecule has 6 nitrogen and oxygen atoms in total. The van der Waals surface area contributed by atoms with Gasteiger partial charge in [-0.1, -0.05) is 12.1 Å². The molecule has 2 amide bonds. The van der Waals surface area contributed by atoms with E-state index in [1.54, 1.807) is 7.05 Å². The number of amides is 2. The average molecular weight is 431 g/mol. The average Bonchev–Trinajstić information content (AvgIpc) is 3.06. The number of nitrogens with zero attached hydrogens (tertiary/aromatic N) is 2. The van der Waals surface area contributed by atoms with Gasteiger partial charge in [0.05, 0.1) is 6.04 Å². The van der Waals surface area contributed by atoms with E-state index in [9.17, 15) is 14.0 Å². The molecule has 4 rings (SSSR count). The molecule has 3 heterocycles. The van der Waals surface area contributed by atoms with Gasteiger partial charge in [0.15, 0.2) is 0 Å². The highest BCUT2D eigenvalue weighted by atomic mass is 19.1. The van der Waals surface area contributed by atoms with Gasteiger partial charge in [-0.15, -0.1) is 0 Å². The van der Waals surface area contributed by atoms with Gasteiger partial charge in [0.2, 0.25) is 11.8 Å². The lowest BCUT2D eigenvalue weighted by atomic mass is 9.90. The molecule has 3 aliphatic heterocycles. The molecular weight excluding hydrogens is 395 g/mol. The summed E-state index contributed by atoms with van der Waals surface area (Å²) >= 11 is 0. The third-order valence-corrected chi connectivity index (χ3v) is 7.49. The van der Waals surface area contributed by atoms with Crippen LogP contribution in [0.5, 0.6) is 0 Å². The maximum Gasteiger partial charge on any atom is 0.245 e. The van der Waals surface area contributed by atoms with E-state index in [0.717, 1.165) is 63.7 Å². The van der Waals surface area contributed by atoms with Crippen LogP contribution >= 0.6 is 0 Å². The van der Waals surface area contributed by atoms with E-state index in [0.29, 0.717) is 12.0 Å². The summed E-state index contributed by atoms with van der Waals surface area (Å²) in [7, 11) is 1.75. The van der Waals surface area contributed by atoms with Crippen molar-refractivity contribution in [2.45, 2.75) is 69.6 Å². The third-order valence-electron chi connectivity index (χ3n) is 7.49. The molecule has 170 valence electrons. The molecule has 0 saturated carbocycles. The Kier molecular flexibility index (Phi) is 6.92. The predicted molar refractivity (Wildman–Crippen MR) is 118 cm³/mol. The number of benzene rings is 1. The van der Waals surface area contributed by atoms with E-state index in [1.807, 2.05) is 19.1 Å². The number of hydrogen-bond donors (Lipinski definition) is 2. The van der Waals surface area contributed by atoms with E-state index < -0.39 is 6.04 Å². The van der Waals surface area contributed by atoms with Gasteiger partial charge in [-0.2, -0.15) is 0 Å². The molecule has 0 aliphatic carbocycles. The summed E-state index contributed by atoms with van der Waals surface area (Å²) in [5.74, 6) is 0.348. The van der Waals surface area contributed by atoms with Crippen LogP contribution in [0.3, 0.4) is 0 Å². The highest BCUT2D eigenvalue weighted by Gasteiger charge is 2.48. The quantitative estimate of drug-likeness (QED) is 0.724. The highest BCUT2D eigenvalue weighted by Crippen LogP contribution is 2.39. The van der Waals surface area contributed by atoms with Gasteiger partial charge < -0.3 is 20.4 Å². The molecule has 31 heavy (non-hydrogen) atoms. The number of likely N-dealkylation sites (N-methyl/N-ethyl adjacent to an activating group) is 1. The Balaban J connectivity index is 1.40. The number of nitrogens with one attached hydrogen (secondary N) is 2. The van der Waals surface area contributed by atoms with Crippen LogP contribution in [0.2, 0.25) is 0 Å². The number of likely N-dealkylation sites (tertiary alicyclic amines) is 1. The van der Waals surface area contributed by atoms with Crippen molar-refractivity contribution in [1.82, 2.24) is 20.4 Å². The van der Waals surface area contributed by atoms with Crippen LogP contribution in [0, 0.1) is 11.7 Å². The minimum atomic E-state index is -0.415. The Bertz CT molecular complexity index is 786. The minimum absolute atomic E-state index is 0.104. The monoisotopic (exact) mass is 430 g/mol. The van der Waals surface area contributed by atoms with Crippen molar-refractivity contribution < 1.29 is 14.0 Å². The molecule has 3 saturated heterocycles. The summed E-state index contributed by atoms with van der Waals surface area (Å²) in [5, 5.41) is 5.94. The second kappa shape index (κ2) is 9.65. The van der Waals surface area contributed by atoms with Gasteiger partial charge in [-0.05, 0) is 82.7 Å². The second-order valence-electron chi connectivity index (χ2n) is 9.43. The summed E-state index contributed by atoms with van der Waals surface area (Å²) in [6.07, 6.45) is 5.81. The third kappa shape index (κ3) is 4.93. The Morgan fingerprint density at radius 3 is 2.74 bits per heavy atom. The lowest BCUT2D eigenvalue weighted by molar-refractivity contribution is -0.139. The van der Waals surface area contributed by atoms with Crippen LogP contribution in [0.1, 0.15) is 44.6 Å². The normalized spacial score (nSPS) is 29.8. The predicted octanol–water partition coefficient (Wildman–Crippen LogP) is 1.94. The molecular formula is C24H35FN4O2. The van der Waals surface area contributed by atoms with Crippen LogP contribution in [-0.2, 0) is 16.0 Å². The van der Waals surface area contributed by atoms with Crippen molar-refractivity contribution in [3.05, 3.63) is 35.6 Å². The first-order valence-corrected chi connectivity index (χ1v) is 11.7. The van der Waals surface area contributed by atoms with Gasteiger partial charge >= 0.3 is 0 Å². The zero-order chi connectivity index (χ0) is 22.0. The molecule has 0 radical (unpaired) electrons. The van der Waals surface area contributed by atoms with Crippen molar-refractivity contribution in [3.63, 3.8) is 0 Å². The Labute approximate surface area is 184 Å². The number of rotatable bonds is 6. The number of piperidine rings is 1. The molecule has 0 aromatic heterocycles. The van der Waals surface area contributed by atoms with Gasteiger partial charge in [-0.3, -0.25) is 9.59 Å². The first-order valence-electron chi connectivity index (χ1n) is 11.7. The van der Waals surface area contributed by atoms with Crippen molar-refractivity contribution in [1.29, 1.82) is 0 Å². The van der Waals surface area contributed by atoms with Crippen LogP contribution in [-0.4, -0.2) is 72.5 Å². The zero-order valence-corrected chi connectivity index (χ0v) is 18.6.